The molecule has 0 unspecified atom stereocenters. The number of nitrogens with two attached hydrogens (primary N) is 1. The minimum absolute atomic E-state index is 0.100. The quantitative estimate of drug-likeness (QED) is 0.730. The number of thiophene rings is 1. The van der Waals surface area contributed by atoms with Crippen molar-refractivity contribution in [2.75, 3.05) is 19.5 Å². The molecule has 2 aromatic heterocycles. The molecule has 7 heteroatoms. The molecule has 1 aromatic carbocycles. The number of fused-ring (bicyclic) bond motifs is 1. The van der Waals surface area contributed by atoms with E-state index < -0.39 is 11.6 Å². The Morgan fingerprint density at radius 2 is 2.00 bits per heavy atom. The van der Waals surface area contributed by atoms with Crippen LogP contribution in [0.4, 0.5) is 5.69 Å². The van der Waals surface area contributed by atoms with Crippen molar-refractivity contribution >= 4 is 33.1 Å². The normalized spacial score (nSPS) is 10.8. The van der Waals surface area contributed by atoms with Crippen LogP contribution in [0.3, 0.4) is 0 Å². The lowest BCUT2D eigenvalue weighted by molar-refractivity contribution is 0.0533. The number of hydrogen-bond donors (Lipinski definition) is 1. The number of rotatable bonds is 4. The molecule has 0 atom stereocenters. The third-order valence-electron chi connectivity index (χ3n) is 3.48. The highest BCUT2D eigenvalue weighted by molar-refractivity contribution is 7.21. The van der Waals surface area contributed by atoms with E-state index in [-0.39, 0.29) is 22.6 Å². The van der Waals surface area contributed by atoms with Gasteiger partial charge in [0.1, 0.15) is 21.8 Å². The van der Waals surface area contributed by atoms with Crippen molar-refractivity contribution in [1.82, 2.24) is 0 Å². The monoisotopic (exact) mass is 345 g/mol. The van der Waals surface area contributed by atoms with E-state index >= 15 is 0 Å². The first-order valence-electron chi connectivity index (χ1n) is 7.22. The number of nitrogen functional groups attached to an aromatic ring is 1. The maximum atomic E-state index is 12.3. The van der Waals surface area contributed by atoms with Crippen molar-refractivity contribution in [3.05, 3.63) is 45.6 Å². The Labute approximate surface area is 141 Å². The summed E-state index contributed by atoms with van der Waals surface area (Å²) >= 11 is 1.12. The van der Waals surface area contributed by atoms with E-state index in [4.69, 9.17) is 19.6 Å². The molecular weight excluding hydrogens is 330 g/mol. The van der Waals surface area contributed by atoms with E-state index in [0.717, 1.165) is 16.9 Å². The van der Waals surface area contributed by atoms with Gasteiger partial charge in [0, 0.05) is 10.3 Å². The van der Waals surface area contributed by atoms with Gasteiger partial charge in [-0.1, -0.05) is 0 Å². The first-order valence-corrected chi connectivity index (χ1v) is 8.04. The minimum atomic E-state index is -0.581. The molecule has 0 aliphatic heterocycles. The summed E-state index contributed by atoms with van der Waals surface area (Å²) in [6, 6.07) is 8.80. The molecule has 2 heterocycles. The van der Waals surface area contributed by atoms with Crippen LogP contribution in [-0.2, 0) is 4.74 Å². The predicted molar refractivity (Wildman–Crippen MR) is 92.7 cm³/mol. The first kappa shape index (κ1) is 16.1. The average Bonchev–Trinajstić information content (AvgIpc) is 2.92. The summed E-state index contributed by atoms with van der Waals surface area (Å²) in [6.07, 6.45) is 0. The first-order chi connectivity index (χ1) is 11.5. The van der Waals surface area contributed by atoms with E-state index in [1.54, 1.807) is 44.4 Å². The van der Waals surface area contributed by atoms with E-state index in [0.29, 0.717) is 16.2 Å². The third-order valence-corrected chi connectivity index (χ3v) is 4.61. The summed E-state index contributed by atoms with van der Waals surface area (Å²) in [4.78, 5) is 24.4. The summed E-state index contributed by atoms with van der Waals surface area (Å²) in [6.45, 7) is 1.94. The number of ether oxygens (including phenoxy) is 2. The maximum Gasteiger partial charge on any atom is 0.350 e. The van der Waals surface area contributed by atoms with Gasteiger partial charge in [-0.05, 0) is 37.3 Å². The van der Waals surface area contributed by atoms with Gasteiger partial charge in [-0.2, -0.15) is 0 Å². The summed E-state index contributed by atoms with van der Waals surface area (Å²) in [5.74, 6) is 0.556. The fourth-order valence-electron chi connectivity index (χ4n) is 2.32. The largest absolute Gasteiger partial charge is 0.497 e. The highest BCUT2D eigenvalue weighted by atomic mass is 32.1. The van der Waals surface area contributed by atoms with E-state index in [2.05, 4.69) is 0 Å². The second kappa shape index (κ2) is 6.37. The Morgan fingerprint density at radius 1 is 1.29 bits per heavy atom. The number of hydrogen-bond acceptors (Lipinski definition) is 7. The van der Waals surface area contributed by atoms with Gasteiger partial charge in [0.05, 0.1) is 19.4 Å². The molecule has 3 aromatic rings. The highest BCUT2D eigenvalue weighted by Gasteiger charge is 2.21. The SMILES string of the molecule is CCOC(=O)c1sc2cc(-c3ccc(OC)cc3)oc(=O)c2c1N. The van der Waals surface area contributed by atoms with Gasteiger partial charge in [-0.3, -0.25) is 0 Å². The number of anilines is 1. The highest BCUT2D eigenvalue weighted by Crippen LogP contribution is 2.34. The third kappa shape index (κ3) is 2.74. The number of benzene rings is 1. The lowest BCUT2D eigenvalue weighted by Gasteiger charge is -2.02. The van der Waals surface area contributed by atoms with Gasteiger partial charge < -0.3 is 19.6 Å². The molecule has 0 radical (unpaired) electrons. The molecule has 3 rings (SSSR count). The molecule has 0 spiro atoms. The van der Waals surface area contributed by atoms with Crippen molar-refractivity contribution in [2.24, 2.45) is 0 Å². The van der Waals surface area contributed by atoms with Crippen molar-refractivity contribution in [1.29, 1.82) is 0 Å². The number of carbonyl (C=O) groups is 1. The Bertz CT molecular complexity index is 956. The van der Waals surface area contributed by atoms with Crippen LogP contribution in [0.2, 0.25) is 0 Å². The second-order valence-electron chi connectivity index (χ2n) is 4.93. The van der Waals surface area contributed by atoms with Crippen LogP contribution in [0.1, 0.15) is 16.6 Å². The lowest BCUT2D eigenvalue weighted by atomic mass is 10.1. The fourth-order valence-corrected chi connectivity index (χ4v) is 3.36. The van der Waals surface area contributed by atoms with E-state index in [1.807, 2.05) is 0 Å². The van der Waals surface area contributed by atoms with Crippen LogP contribution >= 0.6 is 11.3 Å². The smallest absolute Gasteiger partial charge is 0.350 e. The van der Waals surface area contributed by atoms with Crippen LogP contribution in [0, 0.1) is 0 Å². The molecule has 0 fully saturated rings. The minimum Gasteiger partial charge on any atom is -0.497 e. The zero-order valence-electron chi connectivity index (χ0n) is 13.1. The van der Waals surface area contributed by atoms with Gasteiger partial charge in [0.2, 0.25) is 0 Å². The average molecular weight is 345 g/mol. The van der Waals surface area contributed by atoms with Crippen LogP contribution in [0.25, 0.3) is 21.4 Å². The molecule has 0 aliphatic carbocycles. The van der Waals surface area contributed by atoms with Crippen LogP contribution in [0.5, 0.6) is 5.75 Å². The molecule has 6 nitrogen and oxygen atoms in total. The summed E-state index contributed by atoms with van der Waals surface area (Å²) in [7, 11) is 1.58. The zero-order chi connectivity index (χ0) is 17.3. The van der Waals surface area contributed by atoms with Crippen molar-refractivity contribution < 1.29 is 18.7 Å². The topological polar surface area (TPSA) is 91.8 Å². The van der Waals surface area contributed by atoms with Gasteiger partial charge in [-0.25, -0.2) is 9.59 Å². The maximum absolute atomic E-state index is 12.3. The van der Waals surface area contributed by atoms with Crippen molar-refractivity contribution in [3.63, 3.8) is 0 Å². The number of carbonyl (C=O) groups excluding carboxylic acids is 1. The zero-order valence-corrected chi connectivity index (χ0v) is 13.9. The van der Waals surface area contributed by atoms with E-state index in [1.165, 1.54) is 0 Å². The van der Waals surface area contributed by atoms with Crippen LogP contribution in [-0.4, -0.2) is 19.7 Å². The van der Waals surface area contributed by atoms with Crippen LogP contribution < -0.4 is 16.1 Å². The molecule has 2 N–H and O–H groups in total. The fraction of sp³-hybridized carbons (Fsp3) is 0.176. The van der Waals surface area contributed by atoms with Gasteiger partial charge in [-0.15, -0.1) is 11.3 Å². The summed E-state index contributed by atoms with van der Waals surface area (Å²) in [5.41, 5.74) is 6.17. The molecule has 124 valence electrons. The van der Waals surface area contributed by atoms with Crippen LogP contribution in [0.15, 0.2) is 39.5 Å². The summed E-state index contributed by atoms with van der Waals surface area (Å²) in [5, 5.41) is 0.209. The Kier molecular flexibility index (Phi) is 4.26. The van der Waals surface area contributed by atoms with Crippen molar-refractivity contribution in [2.45, 2.75) is 6.92 Å². The molecule has 0 saturated carbocycles. The van der Waals surface area contributed by atoms with Gasteiger partial charge in [0.25, 0.3) is 0 Å². The predicted octanol–water partition coefficient (Wildman–Crippen LogP) is 3.29. The van der Waals surface area contributed by atoms with E-state index in [9.17, 15) is 9.59 Å². The molecule has 0 amide bonds. The second-order valence-corrected chi connectivity index (χ2v) is 5.98. The molecule has 0 aliphatic rings. The Balaban J connectivity index is 2.12. The van der Waals surface area contributed by atoms with Gasteiger partial charge in [0.15, 0.2) is 0 Å². The molecule has 24 heavy (non-hydrogen) atoms. The Hall–Kier alpha value is -2.80. The van der Waals surface area contributed by atoms with Gasteiger partial charge >= 0.3 is 11.6 Å². The molecule has 0 saturated heterocycles. The molecule has 0 bridgehead atoms. The Morgan fingerprint density at radius 3 is 2.62 bits per heavy atom. The molecular formula is C17H15NO5S. The number of methoxy groups -OCH3 is 1. The van der Waals surface area contributed by atoms with Crippen molar-refractivity contribution in [3.8, 4) is 17.1 Å². The summed E-state index contributed by atoms with van der Waals surface area (Å²) < 4.78 is 16.0. The number of esters is 1. The lowest BCUT2D eigenvalue weighted by Crippen LogP contribution is -2.06. The standard InChI is InChI=1S/C17H15NO5S/c1-3-22-17(20)15-14(18)13-12(24-15)8-11(23-16(13)19)9-4-6-10(21-2)7-5-9/h4-8H,3,18H2,1-2H3.